The molecule has 0 N–H and O–H groups in total. The first-order valence-corrected chi connectivity index (χ1v) is 7.49. The summed E-state index contributed by atoms with van der Waals surface area (Å²) in [5.74, 6) is 0.972. The number of esters is 1. The van der Waals surface area contributed by atoms with E-state index >= 15 is 0 Å². The first-order chi connectivity index (χ1) is 8.97. The normalized spacial score (nSPS) is 30.0. The third-order valence-electron chi connectivity index (χ3n) is 4.16. The number of ether oxygens (including phenoxy) is 2. The summed E-state index contributed by atoms with van der Waals surface area (Å²) in [6.07, 6.45) is 6.38. The second-order valence-electron chi connectivity index (χ2n) is 6.49. The molecule has 2 rings (SSSR count). The van der Waals surface area contributed by atoms with Crippen molar-refractivity contribution in [2.45, 2.75) is 71.2 Å². The first kappa shape index (κ1) is 14.6. The van der Waals surface area contributed by atoms with E-state index in [1.165, 1.54) is 12.8 Å². The van der Waals surface area contributed by atoms with Gasteiger partial charge in [0.2, 0.25) is 0 Å². The van der Waals surface area contributed by atoms with E-state index in [4.69, 9.17) is 9.47 Å². The highest BCUT2D eigenvalue weighted by Gasteiger charge is 2.50. The Morgan fingerprint density at radius 3 is 2.58 bits per heavy atom. The SMILES string of the molecule is C=C(C)C(=O)OC(CCC(C)C)CC1CCC2OC12. The lowest BCUT2D eigenvalue weighted by molar-refractivity contribution is -0.145. The molecule has 0 aromatic carbocycles. The number of epoxide rings is 1. The van der Waals surface area contributed by atoms with Crippen LogP contribution in [0.25, 0.3) is 0 Å². The third-order valence-corrected chi connectivity index (χ3v) is 4.16. The Hall–Kier alpha value is -0.830. The highest BCUT2D eigenvalue weighted by atomic mass is 16.6. The summed E-state index contributed by atoms with van der Waals surface area (Å²) in [5, 5.41) is 0. The van der Waals surface area contributed by atoms with Crippen LogP contribution in [-0.4, -0.2) is 24.3 Å². The number of carbonyl (C=O) groups excluding carboxylic acids is 1. The summed E-state index contributed by atoms with van der Waals surface area (Å²) in [4.78, 5) is 11.7. The summed E-state index contributed by atoms with van der Waals surface area (Å²) >= 11 is 0. The van der Waals surface area contributed by atoms with E-state index in [2.05, 4.69) is 20.4 Å². The smallest absolute Gasteiger partial charge is 0.333 e. The van der Waals surface area contributed by atoms with Gasteiger partial charge in [-0.2, -0.15) is 0 Å². The molecule has 2 fully saturated rings. The molecule has 0 aromatic heterocycles. The zero-order valence-electron chi connectivity index (χ0n) is 12.4. The lowest BCUT2D eigenvalue weighted by Gasteiger charge is -2.22. The maximum Gasteiger partial charge on any atom is 0.333 e. The van der Waals surface area contributed by atoms with Crippen LogP contribution < -0.4 is 0 Å². The van der Waals surface area contributed by atoms with E-state index in [-0.39, 0.29) is 12.1 Å². The molecule has 0 radical (unpaired) electrons. The van der Waals surface area contributed by atoms with Crippen LogP contribution in [0.3, 0.4) is 0 Å². The Labute approximate surface area is 116 Å². The fourth-order valence-corrected chi connectivity index (χ4v) is 2.93. The number of fused-ring (bicyclic) bond motifs is 1. The van der Waals surface area contributed by atoms with Crippen molar-refractivity contribution in [1.82, 2.24) is 0 Å². The van der Waals surface area contributed by atoms with E-state index < -0.39 is 0 Å². The number of rotatable bonds is 7. The van der Waals surface area contributed by atoms with Crippen molar-refractivity contribution >= 4 is 5.97 Å². The molecule has 1 aliphatic heterocycles. The van der Waals surface area contributed by atoms with Gasteiger partial charge in [-0.15, -0.1) is 0 Å². The third kappa shape index (κ3) is 4.07. The first-order valence-electron chi connectivity index (χ1n) is 7.49. The highest BCUT2D eigenvalue weighted by molar-refractivity contribution is 5.87. The minimum atomic E-state index is -0.250. The molecular formula is C16H26O3. The molecule has 1 saturated heterocycles. The Kier molecular flexibility index (Phi) is 4.67. The summed E-state index contributed by atoms with van der Waals surface area (Å²) in [6.45, 7) is 9.77. The van der Waals surface area contributed by atoms with Gasteiger partial charge in [0.05, 0.1) is 12.2 Å². The van der Waals surface area contributed by atoms with E-state index in [0.717, 1.165) is 19.3 Å². The minimum Gasteiger partial charge on any atom is -0.459 e. The average Bonchev–Trinajstić information content (AvgIpc) is 3.02. The van der Waals surface area contributed by atoms with Crippen molar-refractivity contribution in [2.24, 2.45) is 11.8 Å². The van der Waals surface area contributed by atoms with Crippen LogP contribution in [-0.2, 0) is 14.3 Å². The Bertz CT molecular complexity index is 348. The Morgan fingerprint density at radius 2 is 2.11 bits per heavy atom. The molecule has 1 aliphatic carbocycles. The highest BCUT2D eigenvalue weighted by Crippen LogP contribution is 2.45. The van der Waals surface area contributed by atoms with Crippen molar-refractivity contribution in [1.29, 1.82) is 0 Å². The lowest BCUT2D eigenvalue weighted by Crippen LogP contribution is -2.23. The molecule has 19 heavy (non-hydrogen) atoms. The van der Waals surface area contributed by atoms with Crippen molar-refractivity contribution in [3.8, 4) is 0 Å². The van der Waals surface area contributed by atoms with E-state index in [0.29, 0.717) is 29.6 Å². The molecular weight excluding hydrogens is 240 g/mol. The number of hydrogen-bond donors (Lipinski definition) is 0. The molecule has 0 bridgehead atoms. The predicted octanol–water partition coefficient (Wildman–Crippen LogP) is 3.48. The number of hydrogen-bond acceptors (Lipinski definition) is 3. The molecule has 0 spiro atoms. The molecule has 3 nitrogen and oxygen atoms in total. The van der Waals surface area contributed by atoms with Gasteiger partial charge in [-0.05, 0) is 50.9 Å². The van der Waals surface area contributed by atoms with E-state index in [1.807, 2.05) is 0 Å². The number of carbonyl (C=O) groups is 1. The Morgan fingerprint density at radius 1 is 1.37 bits per heavy atom. The van der Waals surface area contributed by atoms with Crippen molar-refractivity contribution in [3.63, 3.8) is 0 Å². The van der Waals surface area contributed by atoms with Gasteiger partial charge in [0.25, 0.3) is 0 Å². The largest absolute Gasteiger partial charge is 0.459 e. The second kappa shape index (κ2) is 6.08. The van der Waals surface area contributed by atoms with Crippen molar-refractivity contribution in [2.75, 3.05) is 0 Å². The van der Waals surface area contributed by atoms with Crippen LogP contribution in [0.1, 0.15) is 52.9 Å². The van der Waals surface area contributed by atoms with Crippen LogP contribution in [0, 0.1) is 11.8 Å². The molecule has 4 unspecified atom stereocenters. The van der Waals surface area contributed by atoms with Gasteiger partial charge in [0, 0.05) is 5.57 Å². The van der Waals surface area contributed by atoms with E-state index in [1.54, 1.807) is 6.92 Å². The summed E-state index contributed by atoms with van der Waals surface area (Å²) in [6, 6.07) is 0. The van der Waals surface area contributed by atoms with Gasteiger partial charge >= 0.3 is 5.97 Å². The fraction of sp³-hybridized carbons (Fsp3) is 0.812. The zero-order chi connectivity index (χ0) is 14.0. The maximum absolute atomic E-state index is 11.7. The molecule has 0 amide bonds. The molecule has 1 heterocycles. The molecule has 2 aliphatic rings. The van der Waals surface area contributed by atoms with Gasteiger partial charge in [0.15, 0.2) is 0 Å². The van der Waals surface area contributed by atoms with Gasteiger partial charge in [0.1, 0.15) is 6.10 Å². The van der Waals surface area contributed by atoms with E-state index in [9.17, 15) is 4.79 Å². The van der Waals surface area contributed by atoms with Gasteiger partial charge in [-0.25, -0.2) is 4.79 Å². The second-order valence-corrected chi connectivity index (χ2v) is 6.49. The lowest BCUT2D eigenvalue weighted by atomic mass is 9.94. The van der Waals surface area contributed by atoms with Crippen molar-refractivity contribution in [3.05, 3.63) is 12.2 Å². The quantitative estimate of drug-likeness (QED) is 0.402. The average molecular weight is 266 g/mol. The Balaban J connectivity index is 1.85. The molecule has 0 aromatic rings. The topological polar surface area (TPSA) is 38.8 Å². The summed E-state index contributed by atoms with van der Waals surface area (Å²) in [7, 11) is 0. The van der Waals surface area contributed by atoms with Crippen LogP contribution >= 0.6 is 0 Å². The monoisotopic (exact) mass is 266 g/mol. The van der Waals surface area contributed by atoms with Crippen LogP contribution in [0.15, 0.2) is 12.2 Å². The maximum atomic E-state index is 11.7. The predicted molar refractivity (Wildman–Crippen MR) is 74.8 cm³/mol. The standard InChI is InChI=1S/C16H26O3/c1-10(2)5-7-13(18-16(17)11(3)4)9-12-6-8-14-15(12)19-14/h10,12-15H,3,5-9H2,1-2,4H3. The van der Waals surface area contributed by atoms with Gasteiger partial charge < -0.3 is 9.47 Å². The molecule has 108 valence electrons. The molecule has 3 heteroatoms. The van der Waals surface area contributed by atoms with Gasteiger partial charge in [-0.1, -0.05) is 20.4 Å². The molecule has 4 atom stereocenters. The molecule has 1 saturated carbocycles. The zero-order valence-corrected chi connectivity index (χ0v) is 12.4. The van der Waals surface area contributed by atoms with Gasteiger partial charge in [-0.3, -0.25) is 0 Å². The van der Waals surface area contributed by atoms with Crippen LogP contribution in [0.4, 0.5) is 0 Å². The van der Waals surface area contributed by atoms with Crippen LogP contribution in [0.5, 0.6) is 0 Å². The summed E-state index contributed by atoms with van der Waals surface area (Å²) in [5.41, 5.74) is 0.488. The van der Waals surface area contributed by atoms with Crippen LogP contribution in [0.2, 0.25) is 0 Å². The summed E-state index contributed by atoms with van der Waals surface area (Å²) < 4.78 is 11.2. The fourth-order valence-electron chi connectivity index (χ4n) is 2.93. The van der Waals surface area contributed by atoms with Crippen molar-refractivity contribution < 1.29 is 14.3 Å². The minimum absolute atomic E-state index is 0.0274.